The van der Waals surface area contributed by atoms with E-state index in [1.165, 1.54) is 36.6 Å². The minimum Gasteiger partial charge on any atom is -0.412 e. The summed E-state index contributed by atoms with van der Waals surface area (Å²) in [6.07, 6.45) is 0. The van der Waals surface area contributed by atoms with E-state index in [0.29, 0.717) is 0 Å². The number of hydrogen-bond donors (Lipinski definition) is 0. The fourth-order valence-corrected chi connectivity index (χ4v) is 13.7. The molecule has 0 unspecified atom stereocenters. The predicted octanol–water partition coefficient (Wildman–Crippen LogP) is 4.47. The maximum absolute atomic E-state index is 6.63. The Morgan fingerprint density at radius 3 is 0.667 bits per heavy atom. The molecule has 0 amide bonds. The fraction of sp³-hybridized carbons (Fsp3) is 0.143. The molecule has 2 N–H and O–H groups in total. The van der Waals surface area contributed by atoms with E-state index >= 15 is 0 Å². The van der Waals surface area contributed by atoms with Crippen molar-refractivity contribution in [3.8, 4) is 0 Å². The molecule has 0 aliphatic carbocycles. The van der Waals surface area contributed by atoms with E-state index in [1.54, 1.807) is 0 Å². The minimum absolute atomic E-state index is 0. The zero-order chi connectivity index (χ0) is 23.1. The summed E-state index contributed by atoms with van der Waals surface area (Å²) in [5.41, 5.74) is 5.17. The van der Waals surface area contributed by atoms with Gasteiger partial charge in [0.25, 0.3) is 0 Å². The summed E-state index contributed by atoms with van der Waals surface area (Å²) in [7, 11) is 13.3. The van der Waals surface area contributed by atoms with Gasteiger partial charge in [-0.25, -0.2) is 0 Å². The number of halogens is 2. The van der Waals surface area contributed by atoms with Gasteiger partial charge in [-0.2, -0.15) is 0 Å². The number of hydrogen-bond acceptors (Lipinski definition) is 0. The summed E-state index contributed by atoms with van der Waals surface area (Å²) in [6.45, 7) is 8.42. The third-order valence-electron chi connectivity index (χ3n) is 5.22. The number of aryl methyl sites for hydroxylation is 4. The van der Waals surface area contributed by atoms with Gasteiger partial charge in [0, 0.05) is 0 Å². The molecule has 4 aromatic carbocycles. The molecule has 0 aliphatic rings. The van der Waals surface area contributed by atoms with Crippen LogP contribution in [0.3, 0.4) is 0 Å². The van der Waals surface area contributed by atoms with Gasteiger partial charge in [0.15, 0.2) is 0 Å². The maximum atomic E-state index is 6.63. The Bertz CT molecular complexity index is 927. The molecular weight excluding hydrogens is 661 g/mol. The van der Waals surface area contributed by atoms with E-state index in [2.05, 4.69) is 125 Å². The molecule has 33 heavy (non-hydrogen) atoms. The van der Waals surface area contributed by atoms with Crippen molar-refractivity contribution in [3.05, 3.63) is 119 Å². The first kappa shape index (κ1) is 28.3. The Kier molecular flexibility index (Phi) is 11.8. The molecule has 1 nitrogen and oxygen atoms in total. The van der Waals surface area contributed by atoms with Crippen LogP contribution in [0.1, 0.15) is 22.3 Å². The molecular formula is C28H30Cl2OSn2. The average molecular weight is 691 g/mol. The molecule has 0 atom stereocenters. The summed E-state index contributed by atoms with van der Waals surface area (Å²) >= 11 is -4.17. The van der Waals surface area contributed by atoms with Gasteiger partial charge in [0.05, 0.1) is 0 Å². The first-order chi connectivity index (χ1) is 15.3. The fourth-order valence-electron chi connectivity index (χ4n) is 3.13. The Hall–Kier alpha value is -0.983. The van der Waals surface area contributed by atoms with Gasteiger partial charge in [-0.3, -0.25) is 0 Å². The second-order valence-corrected chi connectivity index (χ2v) is 23.3. The summed E-state index contributed by atoms with van der Waals surface area (Å²) in [5, 5.41) is 0. The largest absolute Gasteiger partial charge is 0.412 e. The van der Waals surface area contributed by atoms with Crippen molar-refractivity contribution >= 4 is 69.4 Å². The van der Waals surface area contributed by atoms with Crippen LogP contribution in [0.4, 0.5) is 0 Å². The third-order valence-corrected chi connectivity index (χ3v) is 20.7. The molecule has 0 saturated heterocycles. The van der Waals surface area contributed by atoms with Gasteiger partial charge >= 0.3 is 216 Å². The molecule has 0 spiro atoms. The average Bonchev–Trinajstić information content (AvgIpc) is 2.81. The van der Waals surface area contributed by atoms with Crippen molar-refractivity contribution in [3.63, 3.8) is 0 Å². The van der Waals surface area contributed by atoms with Gasteiger partial charge < -0.3 is 5.48 Å². The molecule has 0 aromatic heterocycles. The SMILES string of the molecule is Cc1cc[c]([Sn]([Cl])[c]2ccc(C)cc2)cc1.Cc1cc[c]([Sn]([Cl])[c]2ccc(C)cc2)cc1.O. The van der Waals surface area contributed by atoms with Crippen LogP contribution in [0.15, 0.2) is 97.1 Å². The van der Waals surface area contributed by atoms with Crippen molar-refractivity contribution in [1.82, 2.24) is 0 Å². The second kappa shape index (κ2) is 13.8. The second-order valence-electron chi connectivity index (χ2n) is 8.09. The summed E-state index contributed by atoms with van der Waals surface area (Å²) in [6, 6.07) is 34.6. The maximum Gasteiger partial charge on any atom is -0.412 e. The topological polar surface area (TPSA) is 31.5 Å². The summed E-state index contributed by atoms with van der Waals surface area (Å²) in [4.78, 5) is 0. The normalized spacial score (nSPS) is 10.4. The van der Waals surface area contributed by atoms with Crippen molar-refractivity contribution in [2.24, 2.45) is 0 Å². The van der Waals surface area contributed by atoms with Crippen LogP contribution in [0.2, 0.25) is 0 Å². The van der Waals surface area contributed by atoms with Crippen molar-refractivity contribution in [1.29, 1.82) is 0 Å². The number of rotatable bonds is 4. The zero-order valence-corrected chi connectivity index (χ0v) is 26.7. The van der Waals surface area contributed by atoms with Gasteiger partial charge in [-0.15, -0.1) is 0 Å². The van der Waals surface area contributed by atoms with Crippen LogP contribution < -0.4 is 14.3 Å². The molecule has 5 heteroatoms. The van der Waals surface area contributed by atoms with Crippen molar-refractivity contribution in [2.75, 3.05) is 0 Å². The first-order valence-electron chi connectivity index (χ1n) is 10.7. The molecule has 0 saturated carbocycles. The van der Waals surface area contributed by atoms with Gasteiger partial charge in [-0.1, -0.05) is 0 Å². The third kappa shape index (κ3) is 8.63. The minimum atomic E-state index is -2.08. The van der Waals surface area contributed by atoms with E-state index in [4.69, 9.17) is 17.8 Å². The molecule has 0 bridgehead atoms. The molecule has 170 valence electrons. The zero-order valence-electron chi connectivity index (χ0n) is 19.5. The Labute approximate surface area is 220 Å². The van der Waals surface area contributed by atoms with E-state index in [-0.39, 0.29) is 5.48 Å². The van der Waals surface area contributed by atoms with Crippen LogP contribution in [-0.2, 0) is 0 Å². The Balaban J connectivity index is 0.000000227. The Morgan fingerprint density at radius 2 is 0.515 bits per heavy atom. The Morgan fingerprint density at radius 1 is 0.364 bits per heavy atom. The quantitative estimate of drug-likeness (QED) is 0.284. The number of benzene rings is 4. The van der Waals surface area contributed by atoms with Crippen LogP contribution in [0.25, 0.3) is 0 Å². The van der Waals surface area contributed by atoms with Crippen molar-refractivity contribution in [2.45, 2.75) is 27.7 Å². The predicted molar refractivity (Wildman–Crippen MR) is 150 cm³/mol. The monoisotopic (exact) mass is 692 g/mol. The molecule has 4 rings (SSSR count). The van der Waals surface area contributed by atoms with Crippen molar-refractivity contribution < 1.29 is 5.48 Å². The van der Waals surface area contributed by atoms with Gasteiger partial charge in [0.1, 0.15) is 0 Å². The summed E-state index contributed by atoms with van der Waals surface area (Å²) in [5.74, 6) is 0. The molecule has 2 radical (unpaired) electrons. The van der Waals surface area contributed by atoms with E-state index < -0.39 is 37.3 Å². The van der Waals surface area contributed by atoms with Gasteiger partial charge in [0.2, 0.25) is 0 Å². The van der Waals surface area contributed by atoms with Crippen LogP contribution in [0, 0.1) is 27.7 Å². The van der Waals surface area contributed by atoms with E-state index in [0.717, 1.165) is 0 Å². The van der Waals surface area contributed by atoms with Crippen LogP contribution in [0.5, 0.6) is 0 Å². The van der Waals surface area contributed by atoms with E-state index in [1.807, 2.05) is 0 Å². The standard InChI is InChI=1S/4C7H7.2ClH.H2O.2Sn/c4*1-7-5-3-2-4-6-7;;;;;/h4*3-6H,1H3;2*1H;1H2;;/q;;;;;;;2*+1/p-2. The molecule has 0 heterocycles. The van der Waals surface area contributed by atoms with Crippen LogP contribution in [-0.4, -0.2) is 42.7 Å². The molecule has 4 aromatic rings. The summed E-state index contributed by atoms with van der Waals surface area (Å²) < 4.78 is 5.38. The first-order valence-corrected chi connectivity index (χ1v) is 23.6. The smallest absolute Gasteiger partial charge is 0.412 e. The molecule has 0 fully saturated rings. The van der Waals surface area contributed by atoms with E-state index in [9.17, 15) is 0 Å². The molecule has 0 aliphatic heterocycles. The van der Waals surface area contributed by atoms with Gasteiger partial charge in [-0.05, 0) is 0 Å². The van der Waals surface area contributed by atoms with Crippen LogP contribution >= 0.6 is 17.8 Å².